The lowest BCUT2D eigenvalue weighted by Crippen LogP contribution is -2.43. The van der Waals surface area contributed by atoms with Gasteiger partial charge in [-0.15, -0.1) is 11.3 Å². The summed E-state index contributed by atoms with van der Waals surface area (Å²) in [6.45, 7) is 1.94. The largest absolute Gasteiger partial charge is 0.337 e. The Balaban J connectivity index is 1.65. The molecule has 1 aromatic carbocycles. The van der Waals surface area contributed by atoms with Crippen LogP contribution >= 0.6 is 11.3 Å². The van der Waals surface area contributed by atoms with Crippen LogP contribution in [-0.2, 0) is 21.2 Å². The maximum absolute atomic E-state index is 13.3. The number of halogens is 1. The van der Waals surface area contributed by atoms with Crippen molar-refractivity contribution in [2.24, 2.45) is 0 Å². The quantitative estimate of drug-likeness (QED) is 0.596. The molecule has 30 heavy (non-hydrogen) atoms. The van der Waals surface area contributed by atoms with Crippen LogP contribution in [-0.4, -0.2) is 52.9 Å². The molecule has 7 nitrogen and oxygen atoms in total. The standard InChI is InChI=1S/C20H20FN3O4S2/c1-2-24(15-7-8-30(27,28)11-15)17(25)9-23-12-22-19-18(20(23)26)16(10-29-19)13-3-5-14(21)6-4-13/h3-6,10,12,15H,2,7-9,11H2,1H3. The van der Waals surface area contributed by atoms with Crippen molar-refractivity contribution >= 4 is 37.3 Å². The van der Waals surface area contributed by atoms with Crippen LogP contribution in [0.2, 0.25) is 0 Å². The Morgan fingerprint density at radius 3 is 2.70 bits per heavy atom. The molecule has 2 aromatic heterocycles. The van der Waals surface area contributed by atoms with E-state index in [2.05, 4.69) is 4.98 Å². The smallest absolute Gasteiger partial charge is 0.263 e. The van der Waals surface area contributed by atoms with Crippen LogP contribution in [0.5, 0.6) is 0 Å². The Labute approximate surface area is 176 Å². The molecule has 0 spiro atoms. The van der Waals surface area contributed by atoms with Gasteiger partial charge in [-0.05, 0) is 31.0 Å². The molecule has 1 atom stereocenters. The fourth-order valence-electron chi connectivity index (χ4n) is 3.82. The minimum atomic E-state index is -3.13. The number of nitrogens with zero attached hydrogens (tertiary/aromatic N) is 3. The van der Waals surface area contributed by atoms with Gasteiger partial charge in [-0.3, -0.25) is 14.2 Å². The number of amides is 1. The van der Waals surface area contributed by atoms with Crippen molar-refractivity contribution in [3.63, 3.8) is 0 Å². The highest BCUT2D eigenvalue weighted by atomic mass is 32.2. The molecule has 4 rings (SSSR count). The van der Waals surface area contributed by atoms with Gasteiger partial charge in [0, 0.05) is 23.5 Å². The van der Waals surface area contributed by atoms with E-state index in [1.165, 1.54) is 39.3 Å². The Morgan fingerprint density at radius 2 is 2.07 bits per heavy atom. The third kappa shape index (κ3) is 3.89. The second-order valence-corrected chi connectivity index (χ2v) is 10.3. The first-order chi connectivity index (χ1) is 14.3. The maximum atomic E-state index is 13.3. The maximum Gasteiger partial charge on any atom is 0.263 e. The summed E-state index contributed by atoms with van der Waals surface area (Å²) in [5, 5.41) is 2.17. The van der Waals surface area contributed by atoms with Crippen molar-refractivity contribution in [2.75, 3.05) is 18.1 Å². The van der Waals surface area contributed by atoms with E-state index in [1.807, 2.05) is 0 Å². The third-order valence-electron chi connectivity index (χ3n) is 5.33. The van der Waals surface area contributed by atoms with Gasteiger partial charge >= 0.3 is 0 Å². The summed E-state index contributed by atoms with van der Waals surface area (Å²) in [6, 6.07) is 5.48. The summed E-state index contributed by atoms with van der Waals surface area (Å²) < 4.78 is 38.1. The van der Waals surface area contributed by atoms with E-state index >= 15 is 0 Å². The van der Waals surface area contributed by atoms with Crippen LogP contribution in [0.4, 0.5) is 4.39 Å². The van der Waals surface area contributed by atoms with E-state index in [1.54, 1.807) is 24.4 Å². The molecule has 1 aliphatic rings. The molecule has 1 fully saturated rings. The molecule has 3 heterocycles. The number of benzene rings is 1. The Kier molecular flexibility index (Phi) is 5.46. The number of thiophene rings is 1. The molecule has 10 heteroatoms. The zero-order valence-corrected chi connectivity index (χ0v) is 17.9. The Morgan fingerprint density at radius 1 is 1.33 bits per heavy atom. The number of rotatable bonds is 5. The first kappa shape index (κ1) is 20.7. The lowest BCUT2D eigenvalue weighted by Gasteiger charge is -2.27. The monoisotopic (exact) mass is 449 g/mol. The van der Waals surface area contributed by atoms with Crippen molar-refractivity contribution in [3.8, 4) is 11.1 Å². The molecular weight excluding hydrogens is 429 g/mol. The van der Waals surface area contributed by atoms with Crippen molar-refractivity contribution in [2.45, 2.75) is 25.9 Å². The van der Waals surface area contributed by atoms with Gasteiger partial charge in [0.25, 0.3) is 5.56 Å². The van der Waals surface area contributed by atoms with Gasteiger partial charge in [0.1, 0.15) is 17.2 Å². The minimum absolute atomic E-state index is 0.0436. The SMILES string of the molecule is CCN(C(=O)Cn1cnc2scc(-c3ccc(F)cc3)c2c1=O)C1CCS(=O)(=O)C1. The average molecular weight is 450 g/mol. The molecule has 158 valence electrons. The first-order valence-electron chi connectivity index (χ1n) is 9.51. The number of aromatic nitrogens is 2. The molecule has 0 bridgehead atoms. The fraction of sp³-hybridized carbons (Fsp3) is 0.350. The fourth-order valence-corrected chi connectivity index (χ4v) is 6.46. The van der Waals surface area contributed by atoms with Crippen LogP contribution in [0.3, 0.4) is 0 Å². The third-order valence-corrected chi connectivity index (χ3v) is 7.97. The summed E-state index contributed by atoms with van der Waals surface area (Å²) in [7, 11) is -3.13. The molecule has 1 saturated heterocycles. The molecule has 1 aliphatic heterocycles. The van der Waals surface area contributed by atoms with Gasteiger partial charge in [0.2, 0.25) is 5.91 Å². The zero-order chi connectivity index (χ0) is 21.5. The highest BCUT2D eigenvalue weighted by Gasteiger charge is 2.34. The molecule has 0 N–H and O–H groups in total. The number of hydrogen-bond donors (Lipinski definition) is 0. The Hall–Kier alpha value is -2.59. The van der Waals surface area contributed by atoms with Gasteiger partial charge in [0.15, 0.2) is 9.84 Å². The summed E-state index contributed by atoms with van der Waals surface area (Å²) >= 11 is 1.31. The van der Waals surface area contributed by atoms with E-state index in [0.29, 0.717) is 34.3 Å². The molecule has 1 unspecified atom stereocenters. The van der Waals surface area contributed by atoms with Crippen molar-refractivity contribution < 1.29 is 17.6 Å². The van der Waals surface area contributed by atoms with E-state index < -0.39 is 9.84 Å². The van der Waals surface area contributed by atoms with Crippen LogP contribution in [0, 0.1) is 5.82 Å². The molecule has 0 aliphatic carbocycles. The number of likely N-dealkylation sites (N-methyl/N-ethyl adjacent to an activating group) is 1. The minimum Gasteiger partial charge on any atom is -0.337 e. The molecule has 0 saturated carbocycles. The lowest BCUT2D eigenvalue weighted by molar-refractivity contribution is -0.133. The van der Waals surface area contributed by atoms with Crippen molar-refractivity contribution in [3.05, 3.63) is 52.1 Å². The van der Waals surface area contributed by atoms with Gasteiger partial charge in [-0.1, -0.05) is 12.1 Å². The highest BCUT2D eigenvalue weighted by Crippen LogP contribution is 2.30. The predicted molar refractivity (Wildman–Crippen MR) is 114 cm³/mol. The van der Waals surface area contributed by atoms with Crippen molar-refractivity contribution in [1.82, 2.24) is 14.5 Å². The summed E-state index contributed by atoms with van der Waals surface area (Å²) in [4.78, 5) is 32.3. The normalized spacial score (nSPS) is 18.0. The summed E-state index contributed by atoms with van der Waals surface area (Å²) in [5.74, 6) is -0.655. The molecule has 0 radical (unpaired) electrons. The topological polar surface area (TPSA) is 89.3 Å². The van der Waals surface area contributed by atoms with Crippen LogP contribution < -0.4 is 5.56 Å². The zero-order valence-electron chi connectivity index (χ0n) is 16.2. The van der Waals surface area contributed by atoms with E-state index in [0.717, 1.165) is 0 Å². The number of fused-ring (bicyclic) bond motifs is 1. The number of carbonyl (C=O) groups is 1. The molecule has 3 aromatic rings. The second kappa shape index (κ2) is 7.92. The van der Waals surface area contributed by atoms with Gasteiger partial charge in [-0.2, -0.15) is 0 Å². The van der Waals surface area contributed by atoms with Crippen LogP contribution in [0.15, 0.2) is 40.8 Å². The Bertz CT molecular complexity index is 1270. The first-order valence-corrected chi connectivity index (χ1v) is 12.2. The molecular formula is C20H20FN3O4S2. The average Bonchev–Trinajstić information content (AvgIpc) is 3.29. The molecule has 1 amide bonds. The van der Waals surface area contributed by atoms with E-state index in [9.17, 15) is 22.4 Å². The van der Waals surface area contributed by atoms with Gasteiger partial charge in [-0.25, -0.2) is 17.8 Å². The van der Waals surface area contributed by atoms with Crippen molar-refractivity contribution in [1.29, 1.82) is 0 Å². The van der Waals surface area contributed by atoms with Gasteiger partial charge < -0.3 is 4.90 Å². The summed E-state index contributed by atoms with van der Waals surface area (Å²) in [6.07, 6.45) is 1.75. The second-order valence-electron chi connectivity index (χ2n) is 7.25. The summed E-state index contributed by atoms with van der Waals surface area (Å²) in [5.41, 5.74) is 0.976. The van der Waals surface area contributed by atoms with Crippen LogP contribution in [0.1, 0.15) is 13.3 Å². The number of carbonyl (C=O) groups excluding carboxylic acids is 1. The highest BCUT2D eigenvalue weighted by molar-refractivity contribution is 7.91. The van der Waals surface area contributed by atoms with Gasteiger partial charge in [0.05, 0.1) is 23.2 Å². The van der Waals surface area contributed by atoms with Crippen LogP contribution in [0.25, 0.3) is 21.3 Å². The predicted octanol–water partition coefficient (Wildman–Crippen LogP) is 2.30. The van der Waals surface area contributed by atoms with E-state index in [-0.39, 0.29) is 41.4 Å². The van der Waals surface area contributed by atoms with E-state index in [4.69, 9.17) is 0 Å². The lowest BCUT2D eigenvalue weighted by atomic mass is 10.1. The number of sulfone groups is 1. The number of hydrogen-bond acceptors (Lipinski definition) is 6.